The Hall–Kier alpha value is -1.98. The summed E-state index contributed by atoms with van der Waals surface area (Å²) < 4.78 is 5.67. The number of terminal acetylenes is 1. The first kappa shape index (κ1) is 15.9. The van der Waals surface area contributed by atoms with Crippen molar-refractivity contribution in [1.29, 1.82) is 0 Å². The molecule has 0 saturated heterocycles. The highest BCUT2D eigenvalue weighted by atomic mass is 28.2. The van der Waals surface area contributed by atoms with Crippen LogP contribution in [0.5, 0.6) is 0 Å². The first-order valence-electron chi connectivity index (χ1n) is 8.53. The van der Waals surface area contributed by atoms with Gasteiger partial charge < -0.3 is 4.43 Å². The molecule has 0 bridgehead atoms. The summed E-state index contributed by atoms with van der Waals surface area (Å²) in [5.74, 6) is 0.394. The Labute approximate surface area is 142 Å². The zero-order chi connectivity index (χ0) is 16.0. The molecule has 0 radical (unpaired) electrons. The van der Waals surface area contributed by atoms with Gasteiger partial charge in [0.15, 0.2) is 0 Å². The minimum atomic E-state index is -0.813. The molecule has 118 valence electrons. The van der Waals surface area contributed by atoms with E-state index in [1.807, 2.05) is 0 Å². The quantitative estimate of drug-likeness (QED) is 0.576. The molecule has 3 rings (SSSR count). The van der Waals surface area contributed by atoms with E-state index >= 15 is 0 Å². The maximum absolute atomic E-state index is 5.67. The molecule has 0 N–H and O–H groups in total. The second-order valence-corrected chi connectivity index (χ2v) is 8.57. The highest BCUT2D eigenvalue weighted by molar-refractivity contribution is 6.33. The van der Waals surface area contributed by atoms with Crippen molar-refractivity contribution in [3.63, 3.8) is 0 Å². The Kier molecular flexibility index (Phi) is 5.20. The monoisotopic (exact) mass is 320 g/mol. The molecule has 0 amide bonds. The van der Waals surface area contributed by atoms with Crippen LogP contribution in [0.2, 0.25) is 5.04 Å². The molecule has 23 heavy (non-hydrogen) atoms. The number of rotatable bonds is 5. The van der Waals surface area contributed by atoms with E-state index in [2.05, 4.69) is 66.8 Å². The van der Waals surface area contributed by atoms with Crippen molar-refractivity contribution in [2.75, 3.05) is 0 Å². The molecule has 1 saturated carbocycles. The van der Waals surface area contributed by atoms with Gasteiger partial charge in [-0.15, -0.1) is 0 Å². The fourth-order valence-corrected chi connectivity index (χ4v) is 5.95. The van der Waals surface area contributed by atoms with Crippen molar-refractivity contribution in [3.8, 4) is 12.5 Å². The molecule has 0 spiro atoms. The fourth-order valence-electron chi connectivity index (χ4n) is 4.15. The molecule has 2 aromatic rings. The van der Waals surface area contributed by atoms with E-state index in [1.165, 1.54) is 43.2 Å². The van der Waals surface area contributed by atoms with Crippen LogP contribution in [0.3, 0.4) is 0 Å². The summed E-state index contributed by atoms with van der Waals surface area (Å²) in [6.45, 7) is 0. The van der Waals surface area contributed by atoms with Crippen molar-refractivity contribution >= 4 is 9.76 Å². The first-order valence-corrected chi connectivity index (χ1v) is 9.81. The first-order chi connectivity index (χ1) is 11.4. The topological polar surface area (TPSA) is 9.23 Å². The van der Waals surface area contributed by atoms with Gasteiger partial charge in [0.05, 0.1) is 6.11 Å². The van der Waals surface area contributed by atoms with Crippen LogP contribution in [0.1, 0.15) is 49.1 Å². The maximum Gasteiger partial charge on any atom is 0.242 e. The van der Waals surface area contributed by atoms with Gasteiger partial charge in [-0.3, -0.25) is 0 Å². The smallest absolute Gasteiger partial charge is 0.242 e. The van der Waals surface area contributed by atoms with Crippen LogP contribution < -0.4 is 0 Å². The molecule has 1 aliphatic rings. The van der Waals surface area contributed by atoms with Crippen molar-refractivity contribution in [3.05, 3.63) is 71.8 Å². The molecular weight excluding hydrogens is 296 g/mol. The maximum atomic E-state index is 5.67. The Morgan fingerprint density at radius 2 is 1.39 bits per heavy atom. The van der Waals surface area contributed by atoms with Gasteiger partial charge in [0, 0.05) is 11.0 Å². The van der Waals surface area contributed by atoms with E-state index in [0.29, 0.717) is 5.92 Å². The average molecular weight is 321 g/mol. The van der Waals surface area contributed by atoms with Gasteiger partial charge in [0.25, 0.3) is 0 Å². The summed E-state index contributed by atoms with van der Waals surface area (Å²) in [4.78, 5) is 0. The molecule has 0 aromatic heterocycles. The van der Waals surface area contributed by atoms with Crippen LogP contribution in [-0.4, -0.2) is 9.76 Å². The number of hydrogen-bond donors (Lipinski definition) is 0. The lowest BCUT2D eigenvalue weighted by molar-refractivity contribution is 0.317. The molecule has 1 nitrogen and oxygen atoms in total. The molecule has 2 aromatic carbocycles. The van der Waals surface area contributed by atoms with Gasteiger partial charge in [-0.1, -0.05) is 86.3 Å². The molecule has 1 fully saturated rings. The Balaban J connectivity index is 2.07. The van der Waals surface area contributed by atoms with E-state index in [9.17, 15) is 0 Å². The second-order valence-electron chi connectivity index (χ2n) is 6.58. The van der Waals surface area contributed by atoms with Crippen LogP contribution in [0.25, 0.3) is 0 Å². The van der Waals surface area contributed by atoms with Crippen LogP contribution in [0.15, 0.2) is 60.7 Å². The molecule has 0 unspecified atom stereocenters. The minimum Gasteiger partial charge on any atom is -0.508 e. The van der Waals surface area contributed by atoms with Crippen molar-refractivity contribution in [2.24, 2.45) is 0 Å². The van der Waals surface area contributed by atoms with Crippen molar-refractivity contribution < 1.29 is 4.43 Å². The Morgan fingerprint density at radius 3 is 1.87 bits per heavy atom. The molecule has 0 atom stereocenters. The highest BCUT2D eigenvalue weighted by Gasteiger charge is 2.42. The third-order valence-electron chi connectivity index (χ3n) is 5.17. The van der Waals surface area contributed by atoms with Gasteiger partial charge in [0.2, 0.25) is 9.76 Å². The van der Waals surface area contributed by atoms with Crippen LogP contribution >= 0.6 is 0 Å². The lowest BCUT2D eigenvalue weighted by Crippen LogP contribution is -2.32. The predicted octanol–water partition coefficient (Wildman–Crippen LogP) is 4.63. The third-order valence-corrected chi connectivity index (χ3v) is 7.17. The lowest BCUT2D eigenvalue weighted by Gasteiger charge is -2.43. The van der Waals surface area contributed by atoms with E-state index in [0.717, 1.165) is 0 Å². The standard InChI is InChI=1S/C21H24OSi/c1-2-22-23-21(16-10-5-11-17-21)20(18-12-6-3-7-13-18)19-14-8-4-9-15-19/h1,3-4,6-9,12-15,20H,5,10-11,16-17,23H2. The van der Waals surface area contributed by atoms with Crippen LogP contribution in [0, 0.1) is 12.5 Å². The van der Waals surface area contributed by atoms with Crippen molar-refractivity contribution in [1.82, 2.24) is 0 Å². The summed E-state index contributed by atoms with van der Waals surface area (Å²) in [7, 11) is -0.813. The van der Waals surface area contributed by atoms with E-state index in [4.69, 9.17) is 10.8 Å². The van der Waals surface area contributed by atoms with Gasteiger partial charge in [0.1, 0.15) is 0 Å². The lowest BCUT2D eigenvalue weighted by atomic mass is 9.72. The van der Waals surface area contributed by atoms with Gasteiger partial charge in [-0.2, -0.15) is 0 Å². The molecule has 2 heteroatoms. The average Bonchev–Trinajstić information content (AvgIpc) is 2.63. The van der Waals surface area contributed by atoms with Gasteiger partial charge in [-0.05, 0) is 24.0 Å². The minimum absolute atomic E-state index is 0.229. The summed E-state index contributed by atoms with van der Waals surface area (Å²) in [5.41, 5.74) is 2.79. The highest BCUT2D eigenvalue weighted by Crippen LogP contribution is 2.55. The summed E-state index contributed by atoms with van der Waals surface area (Å²) in [6.07, 6.45) is 14.3. The van der Waals surface area contributed by atoms with Crippen LogP contribution in [-0.2, 0) is 4.43 Å². The molecule has 0 aliphatic heterocycles. The fraction of sp³-hybridized carbons (Fsp3) is 0.333. The largest absolute Gasteiger partial charge is 0.508 e. The van der Waals surface area contributed by atoms with Crippen molar-refractivity contribution in [2.45, 2.75) is 43.1 Å². The SMILES string of the molecule is C#CO[SiH2]C1(C(c2ccccc2)c2ccccc2)CCCCC1. The predicted molar refractivity (Wildman–Crippen MR) is 99.0 cm³/mol. The van der Waals surface area contributed by atoms with E-state index < -0.39 is 9.76 Å². The summed E-state index contributed by atoms with van der Waals surface area (Å²) in [6, 6.07) is 21.8. The van der Waals surface area contributed by atoms with Gasteiger partial charge in [-0.25, -0.2) is 0 Å². The second kappa shape index (κ2) is 7.52. The number of hydrogen-bond acceptors (Lipinski definition) is 1. The van der Waals surface area contributed by atoms with Crippen LogP contribution in [0.4, 0.5) is 0 Å². The Morgan fingerprint density at radius 1 is 0.870 bits per heavy atom. The molecule has 1 aliphatic carbocycles. The zero-order valence-electron chi connectivity index (χ0n) is 13.6. The van der Waals surface area contributed by atoms with E-state index in [1.54, 1.807) is 0 Å². The van der Waals surface area contributed by atoms with Gasteiger partial charge >= 0.3 is 0 Å². The van der Waals surface area contributed by atoms with E-state index in [-0.39, 0.29) is 5.04 Å². The summed E-state index contributed by atoms with van der Waals surface area (Å²) >= 11 is 0. The Bertz CT molecular complexity index is 599. The normalized spacial score (nSPS) is 17.2. The zero-order valence-corrected chi connectivity index (χ0v) is 15.0. The molecular formula is C21H24OSi. The summed E-state index contributed by atoms with van der Waals surface area (Å²) in [5, 5.41) is 0.229. The number of benzene rings is 2. The third kappa shape index (κ3) is 3.51. The molecule has 0 heterocycles.